The van der Waals surface area contributed by atoms with Gasteiger partial charge in [0.25, 0.3) is 21.8 Å². The number of nitrogens with one attached hydrogen (secondary N) is 2. The Morgan fingerprint density at radius 2 is 1.52 bits per heavy atom. The van der Waals surface area contributed by atoms with Crippen LogP contribution in [0.25, 0.3) is 0 Å². The van der Waals surface area contributed by atoms with E-state index in [1.54, 1.807) is 12.1 Å². The molecule has 3 aromatic rings. The Morgan fingerprint density at radius 3 is 2.09 bits per heavy atom. The zero-order valence-electron chi connectivity index (χ0n) is 17.0. The molecule has 0 atom stereocenters. The molecule has 0 unspecified atom stereocenters. The molecule has 0 saturated heterocycles. The molecule has 33 heavy (non-hydrogen) atoms. The van der Waals surface area contributed by atoms with Crippen LogP contribution in [-0.2, 0) is 16.4 Å². The van der Waals surface area contributed by atoms with Crippen molar-refractivity contribution in [3.05, 3.63) is 95.1 Å². The van der Waals surface area contributed by atoms with E-state index in [4.69, 9.17) is 5.11 Å². The number of carboxylic acid groups (broad SMARTS) is 1. The van der Waals surface area contributed by atoms with Gasteiger partial charge in [0.1, 0.15) is 11.5 Å². The smallest absolute Gasteiger partial charge is 0.354 e. The summed E-state index contributed by atoms with van der Waals surface area (Å²) in [6.07, 6.45) is 1.39. The molecule has 11 heteroatoms. The highest BCUT2D eigenvalue weighted by molar-refractivity contribution is 7.90. The van der Waals surface area contributed by atoms with Crippen LogP contribution in [0.3, 0.4) is 0 Å². The lowest BCUT2D eigenvalue weighted by Crippen LogP contribution is -2.30. The first-order valence-electron chi connectivity index (χ1n) is 9.55. The normalized spacial score (nSPS) is 10.9. The van der Waals surface area contributed by atoms with E-state index >= 15 is 0 Å². The molecule has 3 rings (SSSR count). The Hall–Kier alpha value is -4.12. The minimum atomic E-state index is -4.17. The van der Waals surface area contributed by atoms with Gasteiger partial charge in [-0.25, -0.2) is 27.3 Å². The second-order valence-electron chi connectivity index (χ2n) is 6.83. The Balaban J connectivity index is 1.56. The molecule has 0 radical (unpaired) electrons. The molecule has 0 fully saturated rings. The van der Waals surface area contributed by atoms with Gasteiger partial charge in [0.05, 0.1) is 10.5 Å². The number of pyridine rings is 1. The third-order valence-corrected chi connectivity index (χ3v) is 5.86. The molecule has 9 nitrogen and oxygen atoms in total. The van der Waals surface area contributed by atoms with Gasteiger partial charge in [-0.1, -0.05) is 12.1 Å². The number of amides is 2. The number of carbonyl (C=O) groups excluding carboxylic acids is 2. The monoisotopic (exact) mass is 471 g/mol. The number of halogens is 1. The van der Waals surface area contributed by atoms with Gasteiger partial charge in [0.2, 0.25) is 0 Å². The Morgan fingerprint density at radius 1 is 0.879 bits per heavy atom. The second kappa shape index (κ2) is 10.0. The first kappa shape index (κ1) is 23.5. The highest BCUT2D eigenvalue weighted by Crippen LogP contribution is 2.12. The van der Waals surface area contributed by atoms with Crippen molar-refractivity contribution in [3.8, 4) is 0 Å². The van der Waals surface area contributed by atoms with Crippen LogP contribution in [0.4, 0.5) is 4.39 Å². The molecule has 0 aliphatic carbocycles. The van der Waals surface area contributed by atoms with Crippen molar-refractivity contribution in [2.75, 3.05) is 6.54 Å². The molecular weight excluding hydrogens is 453 g/mol. The maximum Gasteiger partial charge on any atom is 0.354 e. The van der Waals surface area contributed by atoms with Crippen LogP contribution >= 0.6 is 0 Å². The number of aromatic nitrogens is 1. The van der Waals surface area contributed by atoms with Crippen LogP contribution < -0.4 is 10.0 Å². The Bertz CT molecular complexity index is 1280. The molecule has 1 aromatic heterocycles. The van der Waals surface area contributed by atoms with Crippen LogP contribution in [0.15, 0.2) is 71.8 Å². The van der Waals surface area contributed by atoms with Gasteiger partial charge in [-0.2, -0.15) is 0 Å². The van der Waals surface area contributed by atoms with Crippen LogP contribution in [0.1, 0.15) is 36.8 Å². The maximum atomic E-state index is 12.9. The SMILES string of the molecule is O=C(NCCc1ccc(S(=O)(=O)NC(=O)c2ccc(C(=O)O)nc2)cc1)c1ccc(F)cc1. The molecule has 170 valence electrons. The average molecular weight is 471 g/mol. The summed E-state index contributed by atoms with van der Waals surface area (Å²) < 4.78 is 39.7. The molecule has 0 saturated carbocycles. The van der Waals surface area contributed by atoms with E-state index in [9.17, 15) is 27.2 Å². The van der Waals surface area contributed by atoms with Crippen molar-refractivity contribution in [3.63, 3.8) is 0 Å². The lowest BCUT2D eigenvalue weighted by molar-refractivity contribution is 0.0689. The predicted molar refractivity (Wildman–Crippen MR) is 115 cm³/mol. The number of sulfonamides is 1. The number of nitrogens with zero attached hydrogens (tertiary/aromatic N) is 1. The van der Waals surface area contributed by atoms with E-state index in [1.807, 2.05) is 4.72 Å². The molecular formula is C22H18FN3O6S. The van der Waals surface area contributed by atoms with Gasteiger partial charge in [-0.3, -0.25) is 9.59 Å². The summed E-state index contributed by atoms with van der Waals surface area (Å²) in [7, 11) is -4.17. The van der Waals surface area contributed by atoms with Gasteiger partial charge in [0, 0.05) is 18.3 Å². The van der Waals surface area contributed by atoms with Crippen molar-refractivity contribution < 1.29 is 32.3 Å². The second-order valence-corrected chi connectivity index (χ2v) is 8.51. The van der Waals surface area contributed by atoms with Gasteiger partial charge < -0.3 is 10.4 Å². The van der Waals surface area contributed by atoms with E-state index < -0.39 is 27.7 Å². The minimum absolute atomic E-state index is 0.114. The number of hydrogen-bond acceptors (Lipinski definition) is 6. The number of benzene rings is 2. The zero-order chi connectivity index (χ0) is 24.0. The summed E-state index contributed by atoms with van der Waals surface area (Å²) in [4.78, 5) is 38.4. The average Bonchev–Trinajstić information content (AvgIpc) is 2.79. The molecule has 0 aliphatic heterocycles. The highest BCUT2D eigenvalue weighted by Gasteiger charge is 2.19. The lowest BCUT2D eigenvalue weighted by Gasteiger charge is -2.09. The summed E-state index contributed by atoms with van der Waals surface area (Å²) in [6.45, 7) is 0.276. The summed E-state index contributed by atoms with van der Waals surface area (Å²) in [5.41, 5.74) is 0.672. The van der Waals surface area contributed by atoms with Crippen LogP contribution in [0.2, 0.25) is 0 Å². The molecule has 0 spiro atoms. The van der Waals surface area contributed by atoms with Crippen molar-refractivity contribution in [2.45, 2.75) is 11.3 Å². The van der Waals surface area contributed by atoms with Crippen LogP contribution in [0.5, 0.6) is 0 Å². The summed E-state index contributed by atoms with van der Waals surface area (Å²) in [5.74, 6) is -3.02. The number of carboxylic acids is 1. The third-order valence-electron chi connectivity index (χ3n) is 4.51. The number of rotatable bonds is 8. The minimum Gasteiger partial charge on any atom is -0.477 e. The van der Waals surface area contributed by atoms with Crippen LogP contribution in [0, 0.1) is 5.82 Å². The van der Waals surface area contributed by atoms with Gasteiger partial charge in [-0.15, -0.1) is 0 Å². The molecule has 0 aliphatic rings. The fourth-order valence-electron chi connectivity index (χ4n) is 2.75. The van der Waals surface area contributed by atoms with Crippen molar-refractivity contribution in [2.24, 2.45) is 0 Å². The predicted octanol–water partition coefficient (Wildman–Crippen LogP) is 2.01. The quantitative estimate of drug-likeness (QED) is 0.456. The number of aromatic carboxylic acids is 1. The topological polar surface area (TPSA) is 143 Å². The Labute approximate surface area is 188 Å². The van der Waals surface area contributed by atoms with E-state index in [2.05, 4.69) is 10.3 Å². The third kappa shape index (κ3) is 6.20. The van der Waals surface area contributed by atoms with E-state index in [-0.39, 0.29) is 28.6 Å². The van der Waals surface area contributed by atoms with Gasteiger partial charge in [-0.05, 0) is 60.5 Å². The fourth-order valence-corrected chi connectivity index (χ4v) is 3.73. The summed E-state index contributed by atoms with van der Waals surface area (Å²) >= 11 is 0. The van der Waals surface area contributed by atoms with Crippen molar-refractivity contribution >= 4 is 27.8 Å². The maximum absolute atomic E-state index is 12.9. The van der Waals surface area contributed by atoms with Crippen molar-refractivity contribution in [1.82, 2.24) is 15.0 Å². The zero-order valence-corrected chi connectivity index (χ0v) is 17.8. The molecule has 3 N–H and O–H groups in total. The Kier molecular flexibility index (Phi) is 7.13. The summed E-state index contributed by atoms with van der Waals surface area (Å²) in [5, 5.41) is 11.5. The molecule has 2 amide bonds. The number of carbonyl (C=O) groups is 3. The summed E-state index contributed by atoms with van der Waals surface area (Å²) in [6, 6.07) is 13.1. The number of hydrogen-bond donors (Lipinski definition) is 3. The van der Waals surface area contributed by atoms with E-state index in [1.165, 1.54) is 36.4 Å². The largest absolute Gasteiger partial charge is 0.477 e. The highest BCUT2D eigenvalue weighted by atomic mass is 32.2. The van der Waals surface area contributed by atoms with Gasteiger partial charge in [0.15, 0.2) is 0 Å². The van der Waals surface area contributed by atoms with Gasteiger partial charge >= 0.3 is 5.97 Å². The van der Waals surface area contributed by atoms with E-state index in [0.717, 1.165) is 23.9 Å². The molecule has 2 aromatic carbocycles. The molecule has 1 heterocycles. The standard InChI is InChI=1S/C22H18FN3O6S/c23-17-6-3-15(4-7-17)20(27)24-12-11-14-1-8-18(9-2-14)33(31,32)26-21(28)16-5-10-19(22(29)30)25-13-16/h1-10,13H,11-12H2,(H,24,27)(H,26,28)(H,29,30). The van der Waals surface area contributed by atoms with E-state index in [0.29, 0.717) is 12.0 Å². The van der Waals surface area contributed by atoms with Crippen molar-refractivity contribution in [1.29, 1.82) is 0 Å². The molecule has 0 bridgehead atoms. The first-order chi connectivity index (χ1) is 15.7. The first-order valence-corrected chi connectivity index (χ1v) is 11.0. The lowest BCUT2D eigenvalue weighted by atomic mass is 10.1. The fraction of sp³-hybridized carbons (Fsp3) is 0.0909. The van der Waals surface area contributed by atoms with Crippen LogP contribution in [-0.4, -0.2) is 42.8 Å².